The normalized spacial score (nSPS) is 13.9. The van der Waals surface area contributed by atoms with Crippen LogP contribution < -0.4 is 9.64 Å². The number of fused-ring (bicyclic) bond motifs is 1. The Balaban J connectivity index is 1.98. The molecule has 0 spiro atoms. The average Bonchev–Trinajstić information content (AvgIpc) is 2.43. The van der Waals surface area contributed by atoms with E-state index < -0.39 is 0 Å². The number of ether oxygens (including phenoxy) is 1. The van der Waals surface area contributed by atoms with Crippen molar-refractivity contribution < 1.29 is 9.53 Å². The van der Waals surface area contributed by atoms with Crippen LogP contribution in [0.5, 0.6) is 5.75 Å². The van der Waals surface area contributed by atoms with E-state index in [2.05, 4.69) is 0 Å². The maximum atomic E-state index is 12.1. The predicted octanol–water partition coefficient (Wildman–Crippen LogP) is 2.92. The first-order valence-electron chi connectivity index (χ1n) is 6.32. The van der Waals surface area contributed by atoms with Crippen LogP contribution in [-0.2, 0) is 11.3 Å². The summed E-state index contributed by atoms with van der Waals surface area (Å²) < 4.78 is 5.54. The summed E-state index contributed by atoms with van der Waals surface area (Å²) in [5, 5.41) is 0. The van der Waals surface area contributed by atoms with Crippen LogP contribution in [0.15, 0.2) is 48.5 Å². The molecule has 0 radical (unpaired) electrons. The van der Waals surface area contributed by atoms with Gasteiger partial charge in [0, 0.05) is 0 Å². The van der Waals surface area contributed by atoms with Crippen molar-refractivity contribution in [2.24, 2.45) is 0 Å². The summed E-state index contributed by atoms with van der Waals surface area (Å²) in [6, 6.07) is 15.9. The van der Waals surface area contributed by atoms with E-state index in [1.165, 1.54) is 0 Å². The van der Waals surface area contributed by atoms with Crippen molar-refractivity contribution in [1.82, 2.24) is 0 Å². The van der Waals surface area contributed by atoms with Crippen molar-refractivity contribution in [3.05, 3.63) is 59.7 Å². The van der Waals surface area contributed by atoms with Crippen LogP contribution in [0.4, 0.5) is 5.69 Å². The van der Waals surface area contributed by atoms with Gasteiger partial charge in [-0.15, -0.1) is 0 Å². The number of anilines is 1. The summed E-state index contributed by atoms with van der Waals surface area (Å²) in [6.45, 7) is 2.69. The SMILES string of the molecule is Cc1cccc2c1OCC(=O)N2Cc1ccccc1. The lowest BCUT2D eigenvalue weighted by molar-refractivity contribution is -0.121. The Kier molecular flexibility index (Phi) is 2.95. The van der Waals surface area contributed by atoms with E-state index in [-0.39, 0.29) is 12.5 Å². The van der Waals surface area contributed by atoms with Gasteiger partial charge in [-0.3, -0.25) is 4.79 Å². The van der Waals surface area contributed by atoms with Crippen molar-refractivity contribution in [2.45, 2.75) is 13.5 Å². The van der Waals surface area contributed by atoms with Gasteiger partial charge in [-0.05, 0) is 24.1 Å². The summed E-state index contributed by atoms with van der Waals surface area (Å²) in [7, 11) is 0. The maximum absolute atomic E-state index is 12.1. The number of hydrogen-bond donors (Lipinski definition) is 0. The van der Waals surface area contributed by atoms with Gasteiger partial charge >= 0.3 is 0 Å². The lowest BCUT2D eigenvalue weighted by Crippen LogP contribution is -2.38. The first kappa shape index (κ1) is 11.8. The molecule has 0 aromatic heterocycles. The molecule has 0 unspecified atom stereocenters. The van der Waals surface area contributed by atoms with Gasteiger partial charge in [-0.1, -0.05) is 42.5 Å². The molecule has 1 aliphatic rings. The summed E-state index contributed by atoms with van der Waals surface area (Å²) in [5.74, 6) is 0.819. The summed E-state index contributed by atoms with van der Waals surface area (Å²) in [6.07, 6.45) is 0. The van der Waals surface area contributed by atoms with Crippen LogP contribution in [0.2, 0.25) is 0 Å². The van der Waals surface area contributed by atoms with Crippen LogP contribution in [0, 0.1) is 6.92 Å². The maximum Gasteiger partial charge on any atom is 0.265 e. The molecular formula is C16H15NO2. The van der Waals surface area contributed by atoms with Gasteiger partial charge in [-0.2, -0.15) is 0 Å². The summed E-state index contributed by atoms with van der Waals surface area (Å²) in [5.41, 5.74) is 3.04. The van der Waals surface area contributed by atoms with E-state index in [0.717, 1.165) is 22.6 Å². The molecular weight excluding hydrogens is 238 g/mol. The van der Waals surface area contributed by atoms with Crippen LogP contribution in [-0.4, -0.2) is 12.5 Å². The zero-order chi connectivity index (χ0) is 13.2. The molecule has 0 saturated carbocycles. The Hall–Kier alpha value is -2.29. The Morgan fingerprint density at radius 2 is 1.89 bits per heavy atom. The van der Waals surface area contributed by atoms with Crippen molar-refractivity contribution in [2.75, 3.05) is 11.5 Å². The molecule has 3 heteroatoms. The van der Waals surface area contributed by atoms with Gasteiger partial charge < -0.3 is 9.64 Å². The number of amides is 1. The molecule has 3 nitrogen and oxygen atoms in total. The fraction of sp³-hybridized carbons (Fsp3) is 0.188. The monoisotopic (exact) mass is 253 g/mol. The van der Waals surface area contributed by atoms with Crippen molar-refractivity contribution in [3.8, 4) is 5.75 Å². The van der Waals surface area contributed by atoms with Crippen LogP contribution in [0.25, 0.3) is 0 Å². The molecule has 0 fully saturated rings. The zero-order valence-electron chi connectivity index (χ0n) is 10.8. The van der Waals surface area contributed by atoms with E-state index in [9.17, 15) is 4.79 Å². The second-order valence-electron chi connectivity index (χ2n) is 4.68. The summed E-state index contributed by atoms with van der Waals surface area (Å²) >= 11 is 0. The Labute approximate surface area is 112 Å². The molecule has 0 atom stereocenters. The second-order valence-corrected chi connectivity index (χ2v) is 4.68. The van der Waals surface area contributed by atoms with Crippen LogP contribution in [0.1, 0.15) is 11.1 Å². The number of hydrogen-bond acceptors (Lipinski definition) is 2. The smallest absolute Gasteiger partial charge is 0.265 e. The van der Waals surface area contributed by atoms with E-state index >= 15 is 0 Å². The lowest BCUT2D eigenvalue weighted by Gasteiger charge is -2.30. The van der Waals surface area contributed by atoms with Crippen molar-refractivity contribution in [1.29, 1.82) is 0 Å². The van der Waals surface area contributed by atoms with Crippen LogP contribution >= 0.6 is 0 Å². The highest BCUT2D eigenvalue weighted by Crippen LogP contribution is 2.35. The molecule has 0 N–H and O–H groups in total. The molecule has 0 bridgehead atoms. The highest BCUT2D eigenvalue weighted by molar-refractivity contribution is 5.98. The molecule has 1 amide bonds. The second kappa shape index (κ2) is 4.76. The molecule has 1 heterocycles. The molecule has 2 aromatic carbocycles. The van der Waals surface area contributed by atoms with E-state index in [1.807, 2.05) is 55.5 Å². The standard InChI is InChI=1S/C16H15NO2/c1-12-6-5-9-14-16(12)19-11-15(18)17(14)10-13-7-3-2-4-8-13/h2-9H,10-11H2,1H3. The predicted molar refractivity (Wildman–Crippen MR) is 74.3 cm³/mol. The third kappa shape index (κ3) is 2.19. The summed E-state index contributed by atoms with van der Waals surface area (Å²) in [4.78, 5) is 13.9. The molecule has 1 aliphatic heterocycles. The number of para-hydroxylation sites is 1. The third-order valence-corrected chi connectivity index (χ3v) is 3.31. The minimum atomic E-state index is 0.00181. The number of aryl methyl sites for hydroxylation is 1. The van der Waals surface area contributed by atoms with Gasteiger partial charge in [0.25, 0.3) is 5.91 Å². The first-order valence-corrected chi connectivity index (χ1v) is 6.32. The van der Waals surface area contributed by atoms with Gasteiger partial charge in [0.15, 0.2) is 6.61 Å². The highest BCUT2D eigenvalue weighted by atomic mass is 16.5. The van der Waals surface area contributed by atoms with Gasteiger partial charge in [0.1, 0.15) is 5.75 Å². The number of rotatable bonds is 2. The van der Waals surface area contributed by atoms with E-state index in [4.69, 9.17) is 4.74 Å². The van der Waals surface area contributed by atoms with Crippen LogP contribution in [0.3, 0.4) is 0 Å². The minimum absolute atomic E-state index is 0.00181. The van der Waals surface area contributed by atoms with Gasteiger partial charge in [0.2, 0.25) is 0 Å². The average molecular weight is 253 g/mol. The third-order valence-electron chi connectivity index (χ3n) is 3.31. The molecule has 0 aliphatic carbocycles. The first-order chi connectivity index (χ1) is 9.25. The largest absolute Gasteiger partial charge is 0.481 e. The number of benzene rings is 2. The van der Waals surface area contributed by atoms with E-state index in [1.54, 1.807) is 4.90 Å². The molecule has 0 saturated heterocycles. The molecule has 2 aromatic rings. The Morgan fingerprint density at radius 1 is 1.11 bits per heavy atom. The lowest BCUT2D eigenvalue weighted by atomic mass is 10.1. The van der Waals surface area contributed by atoms with Crippen molar-refractivity contribution >= 4 is 11.6 Å². The Bertz CT molecular complexity index is 607. The Morgan fingerprint density at radius 3 is 2.68 bits per heavy atom. The molecule has 96 valence electrons. The fourth-order valence-electron chi connectivity index (χ4n) is 2.32. The van der Waals surface area contributed by atoms with Gasteiger partial charge in [0.05, 0.1) is 12.2 Å². The van der Waals surface area contributed by atoms with Gasteiger partial charge in [-0.25, -0.2) is 0 Å². The van der Waals surface area contributed by atoms with E-state index in [0.29, 0.717) is 6.54 Å². The quantitative estimate of drug-likeness (QED) is 0.823. The number of nitrogens with zero attached hydrogens (tertiary/aromatic N) is 1. The number of carbonyl (C=O) groups excluding carboxylic acids is 1. The topological polar surface area (TPSA) is 29.5 Å². The fourth-order valence-corrected chi connectivity index (χ4v) is 2.32. The molecule has 19 heavy (non-hydrogen) atoms. The highest BCUT2D eigenvalue weighted by Gasteiger charge is 2.26. The minimum Gasteiger partial charge on any atom is -0.481 e. The molecule has 3 rings (SSSR count). The zero-order valence-corrected chi connectivity index (χ0v) is 10.8. The number of carbonyl (C=O) groups is 1. The van der Waals surface area contributed by atoms with Crippen molar-refractivity contribution in [3.63, 3.8) is 0 Å².